The van der Waals surface area contributed by atoms with E-state index >= 15 is 0 Å². The number of hydrogen-bond donors (Lipinski definition) is 1. The van der Waals surface area contributed by atoms with Gasteiger partial charge in [-0.3, -0.25) is 9.69 Å². The van der Waals surface area contributed by atoms with Crippen LogP contribution in [-0.2, 0) is 9.53 Å². The van der Waals surface area contributed by atoms with E-state index in [4.69, 9.17) is 4.74 Å². The Morgan fingerprint density at radius 1 is 1.41 bits per heavy atom. The SMILES string of the molecule is CC(C)CCC(C)(C(=O)O)N1CCCOCC1. The van der Waals surface area contributed by atoms with Gasteiger partial charge in [0.1, 0.15) is 5.54 Å². The first-order chi connectivity index (χ1) is 7.97. The molecule has 0 saturated carbocycles. The van der Waals surface area contributed by atoms with Gasteiger partial charge < -0.3 is 9.84 Å². The predicted molar refractivity (Wildman–Crippen MR) is 67.1 cm³/mol. The molecule has 0 radical (unpaired) electrons. The van der Waals surface area contributed by atoms with Crippen LogP contribution in [0.1, 0.15) is 40.0 Å². The summed E-state index contributed by atoms with van der Waals surface area (Å²) < 4.78 is 5.39. The lowest BCUT2D eigenvalue weighted by molar-refractivity contribution is -0.151. The van der Waals surface area contributed by atoms with Gasteiger partial charge in [-0.05, 0) is 32.1 Å². The Labute approximate surface area is 104 Å². The number of aliphatic carboxylic acids is 1. The number of nitrogens with zero attached hydrogens (tertiary/aromatic N) is 1. The molecule has 0 spiro atoms. The highest BCUT2D eigenvalue weighted by molar-refractivity contribution is 5.78. The highest BCUT2D eigenvalue weighted by Crippen LogP contribution is 2.25. The van der Waals surface area contributed by atoms with Crippen LogP contribution in [0.3, 0.4) is 0 Å². The third-order valence-corrected chi connectivity index (χ3v) is 3.59. The minimum absolute atomic E-state index is 0.539. The molecule has 0 aromatic heterocycles. The molecule has 0 aromatic carbocycles. The fourth-order valence-electron chi connectivity index (χ4n) is 2.21. The van der Waals surface area contributed by atoms with Gasteiger partial charge in [-0.2, -0.15) is 0 Å². The summed E-state index contributed by atoms with van der Waals surface area (Å²) in [7, 11) is 0. The van der Waals surface area contributed by atoms with Crippen LogP contribution >= 0.6 is 0 Å². The molecular weight excluding hydrogens is 218 g/mol. The third-order valence-electron chi connectivity index (χ3n) is 3.59. The standard InChI is InChI=1S/C13H25NO3/c1-11(2)5-6-13(3,12(15)16)14-7-4-9-17-10-8-14/h11H,4-10H2,1-3H3,(H,15,16). The Hall–Kier alpha value is -0.610. The Bertz CT molecular complexity index is 247. The summed E-state index contributed by atoms with van der Waals surface area (Å²) in [6.45, 7) is 9.05. The van der Waals surface area contributed by atoms with Gasteiger partial charge in [0.25, 0.3) is 0 Å². The number of rotatable bonds is 5. The van der Waals surface area contributed by atoms with E-state index in [0.29, 0.717) is 18.9 Å². The highest BCUT2D eigenvalue weighted by atomic mass is 16.5. The minimum Gasteiger partial charge on any atom is -0.480 e. The molecule has 1 heterocycles. The molecule has 1 N–H and O–H groups in total. The van der Waals surface area contributed by atoms with E-state index in [2.05, 4.69) is 18.7 Å². The Morgan fingerprint density at radius 2 is 2.12 bits per heavy atom. The van der Waals surface area contributed by atoms with Gasteiger partial charge in [-0.15, -0.1) is 0 Å². The number of carboxylic acid groups (broad SMARTS) is 1. The van der Waals surface area contributed by atoms with Crippen molar-refractivity contribution < 1.29 is 14.6 Å². The molecule has 0 aromatic rings. The van der Waals surface area contributed by atoms with Gasteiger partial charge in [-0.25, -0.2) is 0 Å². The monoisotopic (exact) mass is 243 g/mol. The van der Waals surface area contributed by atoms with Crippen molar-refractivity contribution in [3.05, 3.63) is 0 Å². The van der Waals surface area contributed by atoms with Gasteiger partial charge in [-0.1, -0.05) is 13.8 Å². The molecule has 4 heteroatoms. The summed E-state index contributed by atoms with van der Waals surface area (Å²) in [6.07, 6.45) is 2.57. The molecule has 100 valence electrons. The average molecular weight is 243 g/mol. The van der Waals surface area contributed by atoms with Crippen molar-refractivity contribution in [2.24, 2.45) is 5.92 Å². The number of carbonyl (C=O) groups is 1. The fraction of sp³-hybridized carbons (Fsp3) is 0.923. The van der Waals surface area contributed by atoms with Gasteiger partial charge in [0.2, 0.25) is 0 Å². The second kappa shape index (κ2) is 6.36. The second-order valence-electron chi connectivity index (χ2n) is 5.46. The molecule has 1 aliphatic heterocycles. The quantitative estimate of drug-likeness (QED) is 0.802. The van der Waals surface area contributed by atoms with E-state index in [9.17, 15) is 9.90 Å². The molecule has 1 atom stereocenters. The molecular formula is C13H25NO3. The van der Waals surface area contributed by atoms with Crippen LogP contribution in [0.15, 0.2) is 0 Å². The van der Waals surface area contributed by atoms with Crippen LogP contribution in [0.5, 0.6) is 0 Å². The highest BCUT2D eigenvalue weighted by Gasteiger charge is 2.39. The summed E-state index contributed by atoms with van der Waals surface area (Å²) in [6, 6.07) is 0. The molecule has 0 bridgehead atoms. The van der Waals surface area contributed by atoms with Crippen molar-refractivity contribution in [3.8, 4) is 0 Å². The zero-order valence-electron chi connectivity index (χ0n) is 11.2. The lowest BCUT2D eigenvalue weighted by Gasteiger charge is -2.37. The Kier molecular flexibility index (Phi) is 5.40. The predicted octanol–water partition coefficient (Wildman–Crippen LogP) is 1.99. The molecule has 0 amide bonds. The first-order valence-electron chi connectivity index (χ1n) is 6.53. The van der Waals surface area contributed by atoms with Crippen LogP contribution in [0.2, 0.25) is 0 Å². The zero-order valence-corrected chi connectivity index (χ0v) is 11.2. The molecule has 4 nitrogen and oxygen atoms in total. The Morgan fingerprint density at radius 3 is 2.71 bits per heavy atom. The maximum Gasteiger partial charge on any atom is 0.323 e. The number of ether oxygens (including phenoxy) is 1. The van der Waals surface area contributed by atoms with Crippen LogP contribution in [-0.4, -0.2) is 47.8 Å². The maximum absolute atomic E-state index is 11.6. The molecule has 1 fully saturated rings. The summed E-state index contributed by atoms with van der Waals surface area (Å²) in [5.74, 6) is -0.169. The van der Waals surface area contributed by atoms with Crippen LogP contribution in [0, 0.1) is 5.92 Å². The van der Waals surface area contributed by atoms with Crippen molar-refractivity contribution in [1.82, 2.24) is 4.90 Å². The largest absolute Gasteiger partial charge is 0.480 e. The van der Waals surface area contributed by atoms with Crippen molar-refractivity contribution in [1.29, 1.82) is 0 Å². The summed E-state index contributed by atoms with van der Waals surface area (Å²) in [5.41, 5.74) is -0.738. The molecule has 1 rings (SSSR count). The van der Waals surface area contributed by atoms with E-state index in [1.165, 1.54) is 0 Å². The van der Waals surface area contributed by atoms with Gasteiger partial charge in [0.15, 0.2) is 0 Å². The zero-order chi connectivity index (χ0) is 12.9. The Balaban J connectivity index is 2.70. The average Bonchev–Trinajstić information content (AvgIpc) is 2.54. The van der Waals surface area contributed by atoms with Crippen molar-refractivity contribution in [3.63, 3.8) is 0 Å². The van der Waals surface area contributed by atoms with E-state index in [1.54, 1.807) is 0 Å². The number of hydrogen-bond acceptors (Lipinski definition) is 3. The first-order valence-corrected chi connectivity index (χ1v) is 6.53. The van der Waals surface area contributed by atoms with Crippen LogP contribution < -0.4 is 0 Å². The normalized spacial score (nSPS) is 22.1. The smallest absolute Gasteiger partial charge is 0.323 e. The summed E-state index contributed by atoms with van der Waals surface area (Å²) in [5, 5.41) is 9.51. The van der Waals surface area contributed by atoms with E-state index in [0.717, 1.165) is 32.5 Å². The first kappa shape index (κ1) is 14.5. The summed E-state index contributed by atoms with van der Waals surface area (Å²) in [4.78, 5) is 13.6. The molecule has 0 aliphatic carbocycles. The molecule has 17 heavy (non-hydrogen) atoms. The van der Waals surface area contributed by atoms with Crippen molar-refractivity contribution in [2.75, 3.05) is 26.3 Å². The van der Waals surface area contributed by atoms with Gasteiger partial charge in [0, 0.05) is 19.7 Å². The van der Waals surface area contributed by atoms with Crippen molar-refractivity contribution in [2.45, 2.75) is 45.6 Å². The van der Waals surface area contributed by atoms with Crippen molar-refractivity contribution >= 4 is 5.97 Å². The number of carboxylic acids is 1. The van der Waals surface area contributed by atoms with E-state index in [1.807, 2.05) is 6.92 Å². The topological polar surface area (TPSA) is 49.8 Å². The van der Waals surface area contributed by atoms with Gasteiger partial charge in [0.05, 0.1) is 6.61 Å². The minimum atomic E-state index is -0.738. The summed E-state index contributed by atoms with van der Waals surface area (Å²) >= 11 is 0. The molecule has 1 saturated heterocycles. The van der Waals surface area contributed by atoms with Crippen LogP contribution in [0.25, 0.3) is 0 Å². The maximum atomic E-state index is 11.6. The molecule has 1 unspecified atom stereocenters. The lowest BCUT2D eigenvalue weighted by atomic mass is 9.90. The van der Waals surface area contributed by atoms with E-state index < -0.39 is 11.5 Å². The van der Waals surface area contributed by atoms with Gasteiger partial charge >= 0.3 is 5.97 Å². The second-order valence-corrected chi connectivity index (χ2v) is 5.46. The molecule has 1 aliphatic rings. The lowest BCUT2D eigenvalue weighted by Crippen LogP contribution is -2.53. The fourth-order valence-corrected chi connectivity index (χ4v) is 2.21. The van der Waals surface area contributed by atoms with E-state index in [-0.39, 0.29) is 0 Å². The van der Waals surface area contributed by atoms with Crippen LogP contribution in [0.4, 0.5) is 0 Å². The third kappa shape index (κ3) is 3.96.